The Morgan fingerprint density at radius 2 is 1.75 bits per heavy atom. The van der Waals surface area contributed by atoms with Gasteiger partial charge in [-0.15, -0.1) is 0 Å². The SMILES string of the molecule is Cc1ccc(C2=N[C@H](c3ccc(F)cc3)N[C@H](c3cc(Br)ccc3O)C2)cc1. The Hall–Kier alpha value is -2.50. The quantitative estimate of drug-likeness (QED) is 0.540. The monoisotopic (exact) mass is 438 g/mol. The van der Waals surface area contributed by atoms with Gasteiger partial charge in [0.2, 0.25) is 0 Å². The van der Waals surface area contributed by atoms with Crippen LogP contribution in [-0.4, -0.2) is 10.8 Å². The zero-order chi connectivity index (χ0) is 19.7. The van der Waals surface area contributed by atoms with Gasteiger partial charge in [-0.3, -0.25) is 10.3 Å². The van der Waals surface area contributed by atoms with Gasteiger partial charge in [0.15, 0.2) is 0 Å². The zero-order valence-electron chi connectivity index (χ0n) is 15.4. The lowest BCUT2D eigenvalue weighted by Gasteiger charge is -2.31. The highest BCUT2D eigenvalue weighted by Crippen LogP contribution is 2.35. The summed E-state index contributed by atoms with van der Waals surface area (Å²) in [5.41, 5.74) is 4.89. The third kappa shape index (κ3) is 4.01. The fourth-order valence-electron chi connectivity index (χ4n) is 3.45. The maximum absolute atomic E-state index is 13.4. The number of rotatable bonds is 3. The van der Waals surface area contributed by atoms with Crippen molar-refractivity contribution >= 4 is 21.6 Å². The van der Waals surface area contributed by atoms with Crippen molar-refractivity contribution in [3.05, 3.63) is 99.3 Å². The molecular weight excluding hydrogens is 419 g/mol. The number of aliphatic imine (C=N–C) groups is 1. The Morgan fingerprint density at radius 1 is 1.04 bits per heavy atom. The van der Waals surface area contributed by atoms with E-state index in [1.54, 1.807) is 18.2 Å². The highest BCUT2D eigenvalue weighted by molar-refractivity contribution is 9.10. The molecule has 0 fully saturated rings. The van der Waals surface area contributed by atoms with Crippen LogP contribution in [0.4, 0.5) is 4.39 Å². The molecule has 0 radical (unpaired) electrons. The Morgan fingerprint density at radius 3 is 2.46 bits per heavy atom. The van der Waals surface area contributed by atoms with E-state index in [0.29, 0.717) is 6.42 Å². The summed E-state index contributed by atoms with van der Waals surface area (Å²) in [6.45, 7) is 2.05. The standard InChI is InChI=1S/C23H20BrFN2O/c1-14-2-4-15(5-3-14)20-13-21(19-12-17(24)8-11-22(19)28)27-23(26-20)16-6-9-18(25)10-7-16/h2-12,21,23,27-28H,13H2,1H3/t21-,23-/m0/s1. The van der Waals surface area contributed by atoms with Gasteiger partial charge in [-0.1, -0.05) is 57.9 Å². The van der Waals surface area contributed by atoms with Gasteiger partial charge < -0.3 is 5.11 Å². The average molecular weight is 439 g/mol. The average Bonchev–Trinajstić information content (AvgIpc) is 2.70. The molecule has 2 atom stereocenters. The molecular formula is C23H20BrFN2O. The van der Waals surface area contributed by atoms with E-state index in [4.69, 9.17) is 4.99 Å². The van der Waals surface area contributed by atoms with Gasteiger partial charge in [0.1, 0.15) is 17.7 Å². The van der Waals surface area contributed by atoms with Gasteiger partial charge in [0, 0.05) is 28.2 Å². The van der Waals surface area contributed by atoms with E-state index in [1.165, 1.54) is 17.7 Å². The van der Waals surface area contributed by atoms with Crippen LogP contribution in [0.3, 0.4) is 0 Å². The van der Waals surface area contributed by atoms with Crippen LogP contribution < -0.4 is 5.32 Å². The Kier molecular flexibility index (Phi) is 5.29. The number of halogens is 2. The number of phenolic OH excluding ortho intramolecular Hbond substituents is 1. The molecule has 3 aromatic rings. The normalized spacial score (nSPS) is 19.3. The first-order chi connectivity index (χ1) is 13.5. The number of nitrogens with zero attached hydrogens (tertiary/aromatic N) is 1. The number of aryl methyl sites for hydroxylation is 1. The number of hydrogen-bond donors (Lipinski definition) is 2. The van der Waals surface area contributed by atoms with Crippen LogP contribution in [0.15, 0.2) is 76.2 Å². The van der Waals surface area contributed by atoms with Gasteiger partial charge in [-0.25, -0.2) is 4.39 Å². The molecule has 0 amide bonds. The van der Waals surface area contributed by atoms with Crippen molar-refractivity contribution in [1.29, 1.82) is 0 Å². The summed E-state index contributed by atoms with van der Waals surface area (Å²) in [5, 5.41) is 13.9. The molecule has 0 unspecified atom stereocenters. The van der Waals surface area contributed by atoms with Gasteiger partial charge in [0.05, 0.1) is 0 Å². The first-order valence-electron chi connectivity index (χ1n) is 9.13. The third-order valence-corrected chi connectivity index (χ3v) is 5.47. The molecule has 5 heteroatoms. The van der Waals surface area contributed by atoms with Crippen molar-refractivity contribution < 1.29 is 9.50 Å². The minimum absolute atomic E-state index is 0.124. The molecule has 142 valence electrons. The molecule has 28 heavy (non-hydrogen) atoms. The molecule has 2 N–H and O–H groups in total. The molecule has 3 nitrogen and oxygen atoms in total. The van der Waals surface area contributed by atoms with Gasteiger partial charge in [0.25, 0.3) is 0 Å². The number of hydrogen-bond acceptors (Lipinski definition) is 3. The number of benzene rings is 3. The molecule has 0 aromatic heterocycles. The fraction of sp³-hybridized carbons (Fsp3) is 0.174. The van der Waals surface area contributed by atoms with Crippen molar-refractivity contribution in [3.8, 4) is 5.75 Å². The second-order valence-electron chi connectivity index (χ2n) is 7.02. The lowest BCUT2D eigenvalue weighted by atomic mass is 9.93. The summed E-state index contributed by atoms with van der Waals surface area (Å²) in [4.78, 5) is 4.90. The minimum Gasteiger partial charge on any atom is -0.508 e. The lowest BCUT2D eigenvalue weighted by molar-refractivity contribution is 0.412. The van der Waals surface area contributed by atoms with Crippen molar-refractivity contribution in [2.24, 2.45) is 4.99 Å². The van der Waals surface area contributed by atoms with Crippen LogP contribution in [0.25, 0.3) is 0 Å². The summed E-state index contributed by atoms with van der Waals surface area (Å²) in [6.07, 6.45) is 0.319. The number of aromatic hydroxyl groups is 1. The summed E-state index contributed by atoms with van der Waals surface area (Å²) in [7, 11) is 0. The molecule has 0 aliphatic carbocycles. The predicted molar refractivity (Wildman–Crippen MR) is 113 cm³/mol. The third-order valence-electron chi connectivity index (χ3n) is 4.98. The molecule has 1 aliphatic rings. The Labute approximate surface area is 172 Å². The fourth-order valence-corrected chi connectivity index (χ4v) is 3.83. The Balaban J connectivity index is 1.76. The second kappa shape index (κ2) is 7.86. The second-order valence-corrected chi connectivity index (χ2v) is 7.94. The highest BCUT2D eigenvalue weighted by Gasteiger charge is 2.27. The lowest BCUT2D eigenvalue weighted by Crippen LogP contribution is -2.33. The summed E-state index contributed by atoms with van der Waals surface area (Å²) in [5.74, 6) is -0.0350. The maximum atomic E-state index is 13.4. The van der Waals surface area contributed by atoms with Gasteiger partial charge in [-0.05, 0) is 48.4 Å². The summed E-state index contributed by atoms with van der Waals surface area (Å²) < 4.78 is 14.3. The first-order valence-corrected chi connectivity index (χ1v) is 9.92. The smallest absolute Gasteiger partial charge is 0.126 e. The maximum Gasteiger partial charge on any atom is 0.126 e. The molecule has 0 saturated heterocycles. The van der Waals surface area contributed by atoms with Crippen LogP contribution in [0, 0.1) is 12.7 Å². The van der Waals surface area contributed by atoms with E-state index in [-0.39, 0.29) is 23.8 Å². The summed E-state index contributed by atoms with van der Waals surface area (Å²) >= 11 is 3.49. The van der Waals surface area contributed by atoms with E-state index in [2.05, 4.69) is 52.4 Å². The number of nitrogens with one attached hydrogen (secondary N) is 1. The van der Waals surface area contributed by atoms with Crippen LogP contribution in [0.1, 0.15) is 40.9 Å². The van der Waals surface area contributed by atoms with E-state index in [9.17, 15) is 9.50 Å². The highest BCUT2D eigenvalue weighted by atomic mass is 79.9. The molecule has 1 heterocycles. The Bertz CT molecular complexity index is 1020. The van der Waals surface area contributed by atoms with Crippen LogP contribution >= 0.6 is 15.9 Å². The molecule has 1 aliphatic heterocycles. The molecule has 0 saturated carbocycles. The van der Waals surface area contributed by atoms with E-state index >= 15 is 0 Å². The van der Waals surface area contributed by atoms with E-state index in [0.717, 1.165) is 26.9 Å². The topological polar surface area (TPSA) is 44.6 Å². The van der Waals surface area contributed by atoms with E-state index < -0.39 is 0 Å². The van der Waals surface area contributed by atoms with Gasteiger partial charge in [-0.2, -0.15) is 0 Å². The molecule has 3 aromatic carbocycles. The molecule has 0 spiro atoms. The first kappa shape index (κ1) is 18.8. The predicted octanol–water partition coefficient (Wildman–Crippen LogP) is 5.82. The van der Waals surface area contributed by atoms with Crippen molar-refractivity contribution in [1.82, 2.24) is 5.32 Å². The zero-order valence-corrected chi connectivity index (χ0v) is 16.9. The number of phenols is 1. The molecule has 4 rings (SSSR count). The van der Waals surface area contributed by atoms with Crippen molar-refractivity contribution in [3.63, 3.8) is 0 Å². The van der Waals surface area contributed by atoms with Crippen LogP contribution in [-0.2, 0) is 0 Å². The van der Waals surface area contributed by atoms with Crippen molar-refractivity contribution in [2.45, 2.75) is 25.6 Å². The largest absolute Gasteiger partial charge is 0.508 e. The summed E-state index contributed by atoms with van der Waals surface area (Å²) in [6, 6.07) is 19.9. The molecule has 0 bridgehead atoms. The van der Waals surface area contributed by atoms with Crippen LogP contribution in [0.2, 0.25) is 0 Å². The van der Waals surface area contributed by atoms with Gasteiger partial charge >= 0.3 is 0 Å². The minimum atomic E-state index is -0.325. The van der Waals surface area contributed by atoms with Crippen molar-refractivity contribution in [2.75, 3.05) is 0 Å². The van der Waals surface area contributed by atoms with Crippen LogP contribution in [0.5, 0.6) is 5.75 Å². The van der Waals surface area contributed by atoms with E-state index in [1.807, 2.05) is 12.1 Å².